The van der Waals surface area contributed by atoms with Crippen molar-refractivity contribution in [1.29, 1.82) is 0 Å². The van der Waals surface area contributed by atoms with E-state index in [4.69, 9.17) is 5.11 Å². The number of carboxylic acids is 2. The summed E-state index contributed by atoms with van der Waals surface area (Å²) in [6, 6.07) is 0. The standard InChI is InChI=1S/C14H24O4/c1-9(11-6-4-3-5-7-11)8-12(14(17)18)10(2)13(15)16/h9-12H,3-8H2,1-2H3,(H,15,16)(H,17,18). The highest BCUT2D eigenvalue weighted by Gasteiger charge is 2.33. The molecule has 18 heavy (non-hydrogen) atoms. The number of carbonyl (C=O) groups is 2. The van der Waals surface area contributed by atoms with E-state index >= 15 is 0 Å². The van der Waals surface area contributed by atoms with E-state index in [0.717, 1.165) is 12.8 Å². The summed E-state index contributed by atoms with van der Waals surface area (Å²) >= 11 is 0. The Hall–Kier alpha value is -1.06. The molecular weight excluding hydrogens is 232 g/mol. The normalized spacial score (nSPS) is 22.1. The molecule has 0 radical (unpaired) electrons. The van der Waals surface area contributed by atoms with Gasteiger partial charge in [-0.2, -0.15) is 0 Å². The molecule has 0 amide bonds. The molecule has 3 atom stereocenters. The second-order valence-electron chi connectivity index (χ2n) is 5.68. The van der Waals surface area contributed by atoms with E-state index in [9.17, 15) is 14.7 Å². The Kier molecular flexibility index (Phi) is 5.63. The fourth-order valence-corrected chi connectivity index (χ4v) is 2.99. The molecule has 0 saturated heterocycles. The zero-order valence-corrected chi connectivity index (χ0v) is 11.3. The molecule has 1 aliphatic carbocycles. The molecule has 0 aromatic heterocycles. The SMILES string of the molecule is CC(CC(C(=O)O)C(C)C(=O)O)C1CCCCC1. The summed E-state index contributed by atoms with van der Waals surface area (Å²) in [4.78, 5) is 22.1. The van der Waals surface area contributed by atoms with Crippen molar-refractivity contribution in [3.8, 4) is 0 Å². The summed E-state index contributed by atoms with van der Waals surface area (Å²) in [6.45, 7) is 3.56. The first-order valence-corrected chi connectivity index (χ1v) is 6.89. The Morgan fingerprint density at radius 3 is 2.06 bits per heavy atom. The lowest BCUT2D eigenvalue weighted by Gasteiger charge is -2.30. The van der Waals surface area contributed by atoms with Crippen LogP contribution in [0, 0.1) is 23.7 Å². The van der Waals surface area contributed by atoms with Gasteiger partial charge in [0.1, 0.15) is 0 Å². The molecule has 1 fully saturated rings. The molecule has 2 N–H and O–H groups in total. The number of rotatable bonds is 6. The van der Waals surface area contributed by atoms with Crippen LogP contribution in [0.25, 0.3) is 0 Å². The third kappa shape index (κ3) is 4.00. The van der Waals surface area contributed by atoms with Gasteiger partial charge < -0.3 is 10.2 Å². The molecule has 0 aromatic rings. The Morgan fingerprint density at radius 1 is 1.06 bits per heavy atom. The molecule has 0 spiro atoms. The average molecular weight is 256 g/mol. The highest BCUT2D eigenvalue weighted by molar-refractivity contribution is 5.79. The molecule has 1 aliphatic rings. The lowest BCUT2D eigenvalue weighted by molar-refractivity contribution is -0.153. The molecule has 104 valence electrons. The van der Waals surface area contributed by atoms with Crippen LogP contribution in [0.4, 0.5) is 0 Å². The van der Waals surface area contributed by atoms with Gasteiger partial charge in [0, 0.05) is 0 Å². The van der Waals surface area contributed by atoms with Crippen molar-refractivity contribution >= 4 is 11.9 Å². The van der Waals surface area contributed by atoms with Gasteiger partial charge in [-0.05, 0) is 18.3 Å². The summed E-state index contributed by atoms with van der Waals surface area (Å²) in [5.74, 6) is -2.70. The van der Waals surface area contributed by atoms with Crippen molar-refractivity contribution in [1.82, 2.24) is 0 Å². The largest absolute Gasteiger partial charge is 0.481 e. The lowest BCUT2D eigenvalue weighted by Crippen LogP contribution is -2.31. The zero-order valence-electron chi connectivity index (χ0n) is 11.3. The molecule has 4 heteroatoms. The Balaban J connectivity index is 2.59. The van der Waals surface area contributed by atoms with Gasteiger partial charge in [0.15, 0.2) is 0 Å². The fraction of sp³-hybridized carbons (Fsp3) is 0.857. The summed E-state index contributed by atoms with van der Waals surface area (Å²) in [7, 11) is 0. The summed E-state index contributed by atoms with van der Waals surface area (Å²) in [5, 5.41) is 18.1. The number of aliphatic carboxylic acids is 2. The van der Waals surface area contributed by atoms with Gasteiger partial charge in [0.05, 0.1) is 11.8 Å². The zero-order chi connectivity index (χ0) is 13.7. The van der Waals surface area contributed by atoms with Gasteiger partial charge in [-0.15, -0.1) is 0 Å². The molecule has 0 bridgehead atoms. The van der Waals surface area contributed by atoms with Crippen molar-refractivity contribution in [3.05, 3.63) is 0 Å². The van der Waals surface area contributed by atoms with E-state index in [0.29, 0.717) is 18.3 Å². The maximum absolute atomic E-state index is 11.2. The number of carboxylic acid groups (broad SMARTS) is 2. The first-order chi connectivity index (χ1) is 8.43. The average Bonchev–Trinajstić information content (AvgIpc) is 2.35. The van der Waals surface area contributed by atoms with Gasteiger partial charge in [-0.3, -0.25) is 9.59 Å². The number of hydrogen-bond donors (Lipinski definition) is 2. The van der Waals surface area contributed by atoms with E-state index in [1.54, 1.807) is 0 Å². The van der Waals surface area contributed by atoms with Crippen LogP contribution in [-0.2, 0) is 9.59 Å². The molecule has 4 nitrogen and oxygen atoms in total. The molecule has 3 unspecified atom stereocenters. The van der Waals surface area contributed by atoms with E-state index in [2.05, 4.69) is 6.92 Å². The van der Waals surface area contributed by atoms with Gasteiger partial charge >= 0.3 is 11.9 Å². The summed E-state index contributed by atoms with van der Waals surface area (Å²) < 4.78 is 0. The summed E-state index contributed by atoms with van der Waals surface area (Å²) in [5.41, 5.74) is 0. The topological polar surface area (TPSA) is 74.6 Å². The van der Waals surface area contributed by atoms with Crippen molar-refractivity contribution in [2.24, 2.45) is 23.7 Å². The first kappa shape index (κ1) is 15.0. The maximum atomic E-state index is 11.2. The van der Waals surface area contributed by atoms with Gasteiger partial charge in [-0.25, -0.2) is 0 Å². The van der Waals surface area contributed by atoms with Crippen LogP contribution in [-0.4, -0.2) is 22.2 Å². The minimum atomic E-state index is -1.02. The molecule has 1 rings (SSSR count). The smallest absolute Gasteiger partial charge is 0.307 e. The van der Waals surface area contributed by atoms with Crippen LogP contribution in [0.5, 0.6) is 0 Å². The summed E-state index contributed by atoms with van der Waals surface area (Å²) in [6.07, 6.45) is 6.52. The van der Waals surface area contributed by atoms with Crippen molar-refractivity contribution < 1.29 is 19.8 Å². The van der Waals surface area contributed by atoms with E-state index in [1.807, 2.05) is 0 Å². The molecule has 1 saturated carbocycles. The minimum absolute atomic E-state index is 0.299. The van der Waals surface area contributed by atoms with Crippen molar-refractivity contribution in [2.75, 3.05) is 0 Å². The lowest BCUT2D eigenvalue weighted by atomic mass is 9.75. The van der Waals surface area contributed by atoms with Crippen LogP contribution in [0.15, 0.2) is 0 Å². The Bertz CT molecular complexity index is 294. The van der Waals surface area contributed by atoms with Gasteiger partial charge in [0.25, 0.3) is 0 Å². The fourth-order valence-electron chi connectivity index (χ4n) is 2.99. The first-order valence-electron chi connectivity index (χ1n) is 6.89. The molecular formula is C14H24O4. The Morgan fingerprint density at radius 2 is 1.61 bits per heavy atom. The van der Waals surface area contributed by atoms with E-state index in [1.165, 1.54) is 26.2 Å². The van der Waals surface area contributed by atoms with Crippen molar-refractivity contribution in [2.45, 2.75) is 52.4 Å². The Labute approximate surface area is 108 Å². The maximum Gasteiger partial charge on any atom is 0.307 e. The third-order valence-corrected chi connectivity index (χ3v) is 4.39. The van der Waals surface area contributed by atoms with E-state index in [-0.39, 0.29) is 0 Å². The third-order valence-electron chi connectivity index (χ3n) is 4.39. The molecule has 0 aliphatic heterocycles. The quantitative estimate of drug-likeness (QED) is 0.766. The predicted octanol–water partition coefficient (Wildman–Crippen LogP) is 3.01. The van der Waals surface area contributed by atoms with Crippen LogP contribution in [0.2, 0.25) is 0 Å². The highest BCUT2D eigenvalue weighted by atomic mass is 16.4. The van der Waals surface area contributed by atoms with Crippen LogP contribution in [0.3, 0.4) is 0 Å². The van der Waals surface area contributed by atoms with E-state index < -0.39 is 23.8 Å². The van der Waals surface area contributed by atoms with Crippen LogP contribution < -0.4 is 0 Å². The second-order valence-corrected chi connectivity index (χ2v) is 5.68. The highest BCUT2D eigenvalue weighted by Crippen LogP contribution is 2.34. The van der Waals surface area contributed by atoms with Crippen molar-refractivity contribution in [3.63, 3.8) is 0 Å². The van der Waals surface area contributed by atoms with Gasteiger partial charge in [0.2, 0.25) is 0 Å². The van der Waals surface area contributed by atoms with Crippen LogP contribution in [0.1, 0.15) is 52.4 Å². The second kappa shape index (κ2) is 6.76. The minimum Gasteiger partial charge on any atom is -0.481 e. The van der Waals surface area contributed by atoms with Crippen LogP contribution >= 0.6 is 0 Å². The monoisotopic (exact) mass is 256 g/mol. The molecule has 0 heterocycles. The predicted molar refractivity (Wildman–Crippen MR) is 68.3 cm³/mol. The number of hydrogen-bond acceptors (Lipinski definition) is 2. The molecule has 0 aromatic carbocycles. The van der Waals surface area contributed by atoms with Gasteiger partial charge in [-0.1, -0.05) is 46.0 Å².